The van der Waals surface area contributed by atoms with Gasteiger partial charge in [0.1, 0.15) is 6.04 Å². The third-order valence-electron chi connectivity index (χ3n) is 10.3. The van der Waals surface area contributed by atoms with Gasteiger partial charge in [-0.15, -0.1) is 0 Å². The average molecular weight is 675 g/mol. The van der Waals surface area contributed by atoms with Crippen LogP contribution < -0.4 is 16.0 Å². The molecule has 1 saturated heterocycles. The number of piperidine rings is 1. The number of allylic oxidation sites excluding steroid dienone is 1. The maximum absolute atomic E-state index is 14.3. The molecule has 0 radical (unpaired) electrons. The van der Waals surface area contributed by atoms with Gasteiger partial charge < -0.3 is 20.5 Å². The molecule has 4 rings (SSSR count). The van der Waals surface area contributed by atoms with Crippen molar-refractivity contribution in [3.8, 4) is 0 Å². The zero-order valence-corrected chi connectivity index (χ0v) is 30.5. The van der Waals surface area contributed by atoms with Crippen LogP contribution in [0.5, 0.6) is 0 Å². The van der Waals surface area contributed by atoms with Gasteiger partial charge in [-0.3, -0.25) is 19.8 Å². The Morgan fingerprint density at radius 1 is 1.09 bits per heavy atom. The number of carbonyl (C=O) groups is 2. The van der Waals surface area contributed by atoms with E-state index in [-0.39, 0.29) is 18.5 Å². The van der Waals surface area contributed by atoms with Crippen LogP contribution in [0.2, 0.25) is 0 Å². The summed E-state index contributed by atoms with van der Waals surface area (Å²) in [4.78, 5) is 30.0. The van der Waals surface area contributed by atoms with Crippen molar-refractivity contribution in [1.82, 2.24) is 20.9 Å². The third-order valence-corrected chi connectivity index (χ3v) is 12.5. The van der Waals surface area contributed by atoms with Crippen LogP contribution in [-0.2, 0) is 30.6 Å². The highest BCUT2D eigenvalue weighted by atomic mass is 32.2. The lowest BCUT2D eigenvalue weighted by Gasteiger charge is -2.47. The first-order valence-corrected chi connectivity index (χ1v) is 19.1. The number of aliphatic hydroxyl groups is 1. The van der Waals surface area contributed by atoms with E-state index in [2.05, 4.69) is 20.9 Å². The van der Waals surface area contributed by atoms with E-state index in [0.29, 0.717) is 37.0 Å². The number of nitrogens with one attached hydrogen (secondary N) is 3. The van der Waals surface area contributed by atoms with Crippen molar-refractivity contribution in [3.05, 3.63) is 47.7 Å². The van der Waals surface area contributed by atoms with Gasteiger partial charge in [-0.1, -0.05) is 49.6 Å². The summed E-state index contributed by atoms with van der Waals surface area (Å²) in [5, 5.41) is 21.4. The van der Waals surface area contributed by atoms with Crippen LogP contribution in [0, 0.1) is 11.8 Å². The third kappa shape index (κ3) is 9.58. The van der Waals surface area contributed by atoms with Gasteiger partial charge in [-0.2, -0.15) is 0 Å². The second-order valence-corrected chi connectivity index (χ2v) is 18.5. The number of rotatable bonds is 12. The lowest BCUT2D eigenvalue weighted by Crippen LogP contribution is -2.66. The molecule has 1 unspecified atom stereocenters. The Bertz CT molecular complexity index is 1390. The molecule has 0 aromatic heterocycles. The Morgan fingerprint density at radius 2 is 1.72 bits per heavy atom. The Morgan fingerprint density at radius 3 is 2.30 bits per heavy atom. The summed E-state index contributed by atoms with van der Waals surface area (Å²) < 4.78 is 30.6. The molecule has 11 heteroatoms. The standard InChI is InChI=1S/C36H58N4O6S/c1-24-18-19-36(7,46-24)38-31(35(5,6)47(8,44)45)33(43)37-28(20-25-14-10-9-11-15-25)30(41)23-40-22-27-17-13-12-16-26(27)21-29(40)32(42)39-34(2,3)4/h9-11,14-15,18,26-31,38,41H,12-13,16-17,19-23H2,1-8H3,(H,37,43)(H,39,42)/t26-,27+,28-,29-,30+,31+,36?/m0/s1. The number of benzene rings is 1. The lowest BCUT2D eigenvalue weighted by atomic mass is 9.72. The Hall–Kier alpha value is -2.47. The lowest BCUT2D eigenvalue weighted by molar-refractivity contribution is -0.133. The fourth-order valence-electron chi connectivity index (χ4n) is 7.35. The fraction of sp³-hybridized carbons (Fsp3) is 0.722. The van der Waals surface area contributed by atoms with E-state index in [4.69, 9.17) is 4.74 Å². The maximum atomic E-state index is 14.3. The number of β-amino-alcohol motifs (C(OH)–C–C–N with tert-alkyl or cyclic N) is 1. The number of amides is 2. The Labute approximate surface area is 282 Å². The van der Waals surface area contributed by atoms with E-state index in [0.717, 1.165) is 31.1 Å². The number of ether oxygens (including phenoxy) is 1. The highest BCUT2D eigenvalue weighted by molar-refractivity contribution is 7.92. The van der Waals surface area contributed by atoms with Crippen molar-refractivity contribution in [3.63, 3.8) is 0 Å². The van der Waals surface area contributed by atoms with E-state index in [1.807, 2.05) is 64.1 Å². The highest BCUT2D eigenvalue weighted by Crippen LogP contribution is 2.39. The molecule has 1 aromatic carbocycles. The average Bonchev–Trinajstić information content (AvgIpc) is 3.32. The van der Waals surface area contributed by atoms with Crippen LogP contribution >= 0.6 is 0 Å². The molecule has 2 amide bonds. The van der Waals surface area contributed by atoms with Gasteiger partial charge in [-0.05, 0) is 91.2 Å². The molecule has 4 N–H and O–H groups in total. The van der Waals surface area contributed by atoms with E-state index in [1.54, 1.807) is 6.92 Å². The Balaban J connectivity index is 1.62. The second kappa shape index (κ2) is 14.6. The molecule has 3 aliphatic rings. The number of likely N-dealkylation sites (tertiary alicyclic amines) is 1. The van der Waals surface area contributed by atoms with E-state index in [9.17, 15) is 23.1 Å². The SMILES string of the molecule is CC1=CCC(C)(N[C@H](C(=O)N[C@@H](Cc2ccccc2)[C@H](O)CN2C[C@H]3CCCC[C@H]3C[C@H]2C(=O)NC(C)(C)C)C(C)(C)S(C)(=O)=O)O1. The van der Waals surface area contributed by atoms with Crippen molar-refractivity contribution in [2.24, 2.45) is 11.8 Å². The summed E-state index contributed by atoms with van der Waals surface area (Å²) in [5.41, 5.74) is -0.446. The first-order chi connectivity index (χ1) is 21.8. The normalized spacial score (nSPS) is 27.5. The van der Waals surface area contributed by atoms with Gasteiger partial charge in [0.05, 0.1) is 28.7 Å². The number of carbonyl (C=O) groups excluding carboxylic acids is 2. The van der Waals surface area contributed by atoms with Crippen molar-refractivity contribution in [1.29, 1.82) is 0 Å². The molecule has 7 atom stereocenters. The first kappa shape index (κ1) is 37.4. The minimum atomic E-state index is -3.72. The zero-order valence-electron chi connectivity index (χ0n) is 29.6. The smallest absolute Gasteiger partial charge is 0.239 e. The molecule has 2 aliphatic heterocycles. The minimum Gasteiger partial charge on any atom is -0.478 e. The van der Waals surface area contributed by atoms with Crippen molar-refractivity contribution in [2.75, 3.05) is 19.3 Å². The van der Waals surface area contributed by atoms with Crippen LogP contribution in [0.3, 0.4) is 0 Å². The van der Waals surface area contributed by atoms with E-state index >= 15 is 0 Å². The molecule has 1 aliphatic carbocycles. The number of aliphatic hydroxyl groups excluding tert-OH is 1. The molecular formula is C36H58N4O6S. The van der Waals surface area contributed by atoms with Gasteiger partial charge in [0.15, 0.2) is 15.6 Å². The number of hydrogen-bond donors (Lipinski definition) is 4. The summed E-state index contributed by atoms with van der Waals surface area (Å²) >= 11 is 0. The van der Waals surface area contributed by atoms with E-state index < -0.39 is 49.9 Å². The van der Waals surface area contributed by atoms with Crippen molar-refractivity contribution >= 4 is 21.7 Å². The first-order valence-electron chi connectivity index (χ1n) is 17.2. The molecule has 2 heterocycles. The number of fused-ring (bicyclic) bond motifs is 1. The summed E-state index contributed by atoms with van der Waals surface area (Å²) in [7, 11) is -3.72. The fourth-order valence-corrected chi connectivity index (χ4v) is 7.95. The largest absolute Gasteiger partial charge is 0.478 e. The topological polar surface area (TPSA) is 137 Å². The molecule has 1 saturated carbocycles. The summed E-state index contributed by atoms with van der Waals surface area (Å²) in [6.45, 7) is 13.5. The molecule has 2 fully saturated rings. The zero-order chi connectivity index (χ0) is 34.8. The van der Waals surface area contributed by atoms with Gasteiger partial charge >= 0.3 is 0 Å². The predicted molar refractivity (Wildman–Crippen MR) is 185 cm³/mol. The van der Waals surface area contributed by atoms with Crippen LogP contribution in [-0.4, -0.2) is 89.8 Å². The van der Waals surface area contributed by atoms with Crippen LogP contribution in [0.1, 0.15) is 92.6 Å². The molecule has 47 heavy (non-hydrogen) atoms. The summed E-state index contributed by atoms with van der Waals surface area (Å²) in [5.74, 6) is 1.06. The highest BCUT2D eigenvalue weighted by Gasteiger charge is 2.48. The van der Waals surface area contributed by atoms with Crippen LogP contribution in [0.4, 0.5) is 0 Å². The maximum Gasteiger partial charge on any atom is 0.239 e. The molecule has 10 nitrogen and oxygen atoms in total. The minimum absolute atomic E-state index is 0.0368. The van der Waals surface area contributed by atoms with Crippen molar-refractivity contribution in [2.45, 2.75) is 134 Å². The van der Waals surface area contributed by atoms with Crippen LogP contribution in [0.25, 0.3) is 0 Å². The van der Waals surface area contributed by atoms with Crippen molar-refractivity contribution < 1.29 is 27.9 Å². The number of hydrogen-bond acceptors (Lipinski definition) is 8. The van der Waals surface area contributed by atoms with E-state index in [1.165, 1.54) is 26.7 Å². The van der Waals surface area contributed by atoms with Gasteiger partial charge in [0, 0.05) is 31.3 Å². The molecular weight excluding hydrogens is 616 g/mol. The Kier molecular flexibility index (Phi) is 11.6. The second-order valence-electron chi connectivity index (χ2n) is 15.9. The predicted octanol–water partition coefficient (Wildman–Crippen LogP) is 3.69. The number of sulfone groups is 1. The van der Waals surface area contributed by atoms with Gasteiger partial charge in [0.2, 0.25) is 11.8 Å². The van der Waals surface area contributed by atoms with Gasteiger partial charge in [-0.25, -0.2) is 8.42 Å². The quantitative estimate of drug-likeness (QED) is 0.264. The summed E-state index contributed by atoms with van der Waals surface area (Å²) in [6.07, 6.45) is 8.12. The van der Waals surface area contributed by atoms with Crippen LogP contribution in [0.15, 0.2) is 42.2 Å². The molecule has 264 valence electrons. The monoisotopic (exact) mass is 674 g/mol. The summed E-state index contributed by atoms with van der Waals surface area (Å²) in [6, 6.07) is 7.29. The van der Waals surface area contributed by atoms with Gasteiger partial charge in [0.25, 0.3) is 0 Å². The molecule has 0 bridgehead atoms. The molecule has 0 spiro atoms. The number of nitrogens with zero attached hydrogens (tertiary/aromatic N) is 1. The molecule has 1 aromatic rings.